The standard InChI is InChI=1S/2C5H5.2C3H8N.Hf/c2*1-2-4-5-3-1;2*1-3-4-2;/h2*1-5H;2*3H2,1-2H3;/q;;2*-1;+2. The Morgan fingerprint density at radius 1 is 0.737 bits per heavy atom. The molecular weight excluding hydrogens is 399 g/mol. The van der Waals surface area contributed by atoms with Crippen LogP contribution >= 0.6 is 0 Å². The van der Waals surface area contributed by atoms with Gasteiger partial charge in [-0.1, -0.05) is 0 Å². The Morgan fingerprint density at radius 2 is 1.05 bits per heavy atom. The zero-order valence-corrected chi connectivity index (χ0v) is 16.2. The van der Waals surface area contributed by atoms with Crippen LogP contribution in [0.2, 0.25) is 7.35 Å². The molecular formula is C16H26HfN2. The van der Waals surface area contributed by atoms with Gasteiger partial charge in [0, 0.05) is 0 Å². The summed E-state index contributed by atoms with van der Waals surface area (Å²) in [4.78, 5) is 0. The summed E-state index contributed by atoms with van der Waals surface area (Å²) in [6.07, 6.45) is 18.6. The zero-order chi connectivity index (χ0) is 13.9. The van der Waals surface area contributed by atoms with E-state index in [2.05, 4.69) is 82.3 Å². The van der Waals surface area contributed by atoms with Crippen molar-refractivity contribution in [2.45, 2.75) is 21.2 Å². The maximum atomic E-state index is 2.71. The third-order valence-corrected chi connectivity index (χ3v) is 25.5. The van der Waals surface area contributed by atoms with E-state index >= 15 is 0 Å². The summed E-state index contributed by atoms with van der Waals surface area (Å²) >= 11 is -2.90. The van der Waals surface area contributed by atoms with Gasteiger partial charge in [-0.25, -0.2) is 0 Å². The summed E-state index contributed by atoms with van der Waals surface area (Å²) in [6, 6.07) is 0. The van der Waals surface area contributed by atoms with Gasteiger partial charge in [-0.3, -0.25) is 0 Å². The van der Waals surface area contributed by atoms with Crippen molar-refractivity contribution in [3.05, 3.63) is 48.6 Å². The molecule has 0 N–H and O–H groups in total. The van der Waals surface area contributed by atoms with Gasteiger partial charge in [0.15, 0.2) is 0 Å². The Balaban J connectivity index is 2.49. The molecule has 104 valence electrons. The van der Waals surface area contributed by atoms with E-state index in [0.717, 1.165) is 13.1 Å². The molecule has 0 aromatic rings. The third kappa shape index (κ3) is 2.53. The predicted molar refractivity (Wildman–Crippen MR) is 80.7 cm³/mol. The van der Waals surface area contributed by atoms with Crippen LogP contribution in [0.5, 0.6) is 0 Å². The molecule has 0 aliphatic heterocycles. The van der Waals surface area contributed by atoms with Gasteiger partial charge in [0.2, 0.25) is 0 Å². The molecule has 2 rings (SSSR count). The van der Waals surface area contributed by atoms with E-state index in [1.54, 1.807) is 0 Å². The topological polar surface area (TPSA) is 6.48 Å². The van der Waals surface area contributed by atoms with Crippen molar-refractivity contribution in [3.63, 3.8) is 0 Å². The number of hydrogen-bond donors (Lipinski definition) is 0. The molecule has 2 nitrogen and oxygen atoms in total. The average molecular weight is 425 g/mol. The summed E-state index contributed by atoms with van der Waals surface area (Å²) in [5.74, 6) is 0. The Kier molecular flexibility index (Phi) is 5.15. The molecule has 0 aromatic carbocycles. The van der Waals surface area contributed by atoms with Gasteiger partial charge in [-0.2, -0.15) is 0 Å². The van der Waals surface area contributed by atoms with Crippen LogP contribution in [0.3, 0.4) is 0 Å². The first-order valence-electron chi connectivity index (χ1n) is 7.30. The second-order valence-electron chi connectivity index (χ2n) is 5.40. The molecule has 0 amide bonds. The van der Waals surface area contributed by atoms with Crippen LogP contribution in [0, 0.1) is 0 Å². The number of rotatable bonds is 6. The summed E-state index contributed by atoms with van der Waals surface area (Å²) in [6.45, 7) is 6.87. The van der Waals surface area contributed by atoms with Crippen molar-refractivity contribution < 1.29 is 20.5 Å². The van der Waals surface area contributed by atoms with Gasteiger partial charge in [-0.05, 0) is 0 Å². The summed E-state index contributed by atoms with van der Waals surface area (Å²) in [7, 11) is 4.68. The summed E-state index contributed by atoms with van der Waals surface area (Å²) in [5.41, 5.74) is 0. The first-order chi connectivity index (χ1) is 9.17. The van der Waals surface area contributed by atoms with E-state index in [0.29, 0.717) is 7.35 Å². The van der Waals surface area contributed by atoms with Crippen molar-refractivity contribution >= 4 is 0 Å². The minimum atomic E-state index is -2.90. The molecule has 2 aliphatic carbocycles. The van der Waals surface area contributed by atoms with Gasteiger partial charge in [0.25, 0.3) is 0 Å². The van der Waals surface area contributed by atoms with Crippen LogP contribution in [-0.4, -0.2) is 33.0 Å². The van der Waals surface area contributed by atoms with Crippen LogP contribution in [0.25, 0.3) is 0 Å². The van der Waals surface area contributed by atoms with E-state index in [1.165, 1.54) is 0 Å². The fourth-order valence-electron chi connectivity index (χ4n) is 3.47. The monoisotopic (exact) mass is 426 g/mol. The fourth-order valence-corrected chi connectivity index (χ4v) is 23.8. The summed E-state index contributed by atoms with van der Waals surface area (Å²) in [5, 5.41) is 0. The van der Waals surface area contributed by atoms with Crippen molar-refractivity contribution in [1.82, 2.24) is 5.78 Å². The van der Waals surface area contributed by atoms with Gasteiger partial charge < -0.3 is 0 Å². The molecule has 0 fully saturated rings. The van der Waals surface area contributed by atoms with Gasteiger partial charge in [0.05, 0.1) is 0 Å². The van der Waals surface area contributed by atoms with Crippen LogP contribution in [0.1, 0.15) is 13.8 Å². The predicted octanol–water partition coefficient (Wildman–Crippen LogP) is 3.70. The van der Waals surface area contributed by atoms with Crippen LogP contribution in [-0.2, 0) is 20.5 Å². The Bertz CT molecular complexity index is 358. The molecule has 0 atom stereocenters. The Hall–Kier alpha value is -0.250. The second kappa shape index (κ2) is 6.47. The normalized spacial score (nSPS) is 19.7. The fraction of sp³-hybridized carbons (Fsp3) is 0.500. The van der Waals surface area contributed by atoms with E-state index < -0.39 is 20.5 Å². The Labute approximate surface area is 123 Å². The van der Waals surface area contributed by atoms with Crippen molar-refractivity contribution in [1.29, 1.82) is 0 Å². The maximum absolute atomic E-state index is 2.90. The molecule has 2 aliphatic rings. The number of allylic oxidation sites excluding steroid dienone is 8. The van der Waals surface area contributed by atoms with Gasteiger partial charge in [0.1, 0.15) is 0 Å². The van der Waals surface area contributed by atoms with Crippen molar-refractivity contribution in [2.75, 3.05) is 27.2 Å². The molecule has 3 heteroatoms. The van der Waals surface area contributed by atoms with Gasteiger partial charge >= 0.3 is 123 Å². The Morgan fingerprint density at radius 3 is 1.32 bits per heavy atom. The first kappa shape index (κ1) is 15.1. The van der Waals surface area contributed by atoms with Crippen LogP contribution < -0.4 is 0 Å². The van der Waals surface area contributed by atoms with Crippen molar-refractivity contribution in [2.24, 2.45) is 0 Å². The summed E-state index contributed by atoms with van der Waals surface area (Å²) < 4.78 is 6.73. The SMILES string of the molecule is CC[N](C)[Hf]([CH]1C=CC=C1)([CH]1C=CC=C1)[N](C)CC. The zero-order valence-electron chi connectivity index (χ0n) is 12.6. The molecule has 19 heavy (non-hydrogen) atoms. The molecule has 0 heterocycles. The second-order valence-corrected chi connectivity index (χ2v) is 21.3. The van der Waals surface area contributed by atoms with E-state index in [9.17, 15) is 0 Å². The quantitative estimate of drug-likeness (QED) is 0.600. The number of hydrogen-bond acceptors (Lipinski definition) is 2. The van der Waals surface area contributed by atoms with Crippen molar-refractivity contribution in [3.8, 4) is 0 Å². The van der Waals surface area contributed by atoms with E-state index in [-0.39, 0.29) is 0 Å². The molecule has 0 radical (unpaired) electrons. The number of nitrogens with zero attached hydrogens (tertiary/aromatic N) is 2. The van der Waals surface area contributed by atoms with E-state index in [1.807, 2.05) is 0 Å². The van der Waals surface area contributed by atoms with E-state index in [4.69, 9.17) is 0 Å². The molecule has 0 saturated heterocycles. The molecule has 0 unspecified atom stereocenters. The van der Waals surface area contributed by atoms with Crippen LogP contribution in [0.4, 0.5) is 0 Å². The third-order valence-electron chi connectivity index (χ3n) is 4.65. The molecule has 0 spiro atoms. The average Bonchev–Trinajstić information content (AvgIpc) is 3.12. The minimum absolute atomic E-state index is 0.653. The molecule has 0 saturated carbocycles. The first-order valence-corrected chi connectivity index (χ1v) is 14.7. The molecule has 0 bridgehead atoms. The molecule has 0 aromatic heterocycles. The van der Waals surface area contributed by atoms with Gasteiger partial charge in [-0.15, -0.1) is 0 Å². The van der Waals surface area contributed by atoms with Crippen LogP contribution in [0.15, 0.2) is 48.6 Å².